The molecule has 0 aromatic heterocycles. The first-order chi connectivity index (χ1) is 17.8. The zero-order chi connectivity index (χ0) is 25.5. The lowest BCUT2D eigenvalue weighted by molar-refractivity contribution is -0.144. The number of rotatable bonds is 23. The fourth-order valence-electron chi connectivity index (χ4n) is 3.21. The average molecular weight is 509 g/mol. The molecule has 0 N–H and O–H groups in total. The molecular formula is C27H40O9. The molecule has 0 amide bonds. The van der Waals surface area contributed by atoms with Crippen LogP contribution in [0.1, 0.15) is 5.56 Å². The van der Waals surface area contributed by atoms with Gasteiger partial charge in [0.25, 0.3) is 0 Å². The highest BCUT2D eigenvalue weighted by atomic mass is 16.6. The molecule has 0 spiro atoms. The number of fused-ring (bicyclic) bond motifs is 1. The van der Waals surface area contributed by atoms with Gasteiger partial charge in [0.2, 0.25) is 0 Å². The number of hydrogen-bond donors (Lipinski definition) is 0. The molecule has 0 atom stereocenters. The highest BCUT2D eigenvalue weighted by molar-refractivity contribution is 5.88. The fraction of sp³-hybridized carbons (Fsp3) is 0.593. The largest absolute Gasteiger partial charge is 0.463 e. The lowest BCUT2D eigenvalue weighted by atomic mass is 10.0. The number of esters is 1. The molecule has 2 rings (SSSR count). The molecule has 9 heteroatoms. The molecule has 0 aliphatic carbocycles. The van der Waals surface area contributed by atoms with Gasteiger partial charge in [0.15, 0.2) is 0 Å². The predicted octanol–water partition coefficient (Wildman–Crippen LogP) is 2.67. The van der Waals surface area contributed by atoms with Crippen molar-refractivity contribution in [2.45, 2.75) is 6.42 Å². The normalized spacial score (nSPS) is 11.2. The summed E-state index contributed by atoms with van der Waals surface area (Å²) >= 11 is 0. The first kappa shape index (κ1) is 30.1. The van der Waals surface area contributed by atoms with E-state index in [2.05, 4.69) is 0 Å². The van der Waals surface area contributed by atoms with E-state index < -0.39 is 0 Å². The van der Waals surface area contributed by atoms with Gasteiger partial charge in [0.1, 0.15) is 6.61 Å². The van der Waals surface area contributed by atoms with E-state index in [1.807, 2.05) is 42.5 Å². The molecule has 0 fully saturated rings. The Labute approximate surface area is 213 Å². The van der Waals surface area contributed by atoms with Crippen LogP contribution >= 0.6 is 0 Å². The van der Waals surface area contributed by atoms with Gasteiger partial charge in [-0.2, -0.15) is 0 Å². The van der Waals surface area contributed by atoms with Gasteiger partial charge >= 0.3 is 5.97 Å². The highest BCUT2D eigenvalue weighted by Crippen LogP contribution is 2.19. The molecule has 2 aromatic carbocycles. The summed E-state index contributed by atoms with van der Waals surface area (Å²) in [6, 6.07) is 13.9. The van der Waals surface area contributed by atoms with E-state index in [1.54, 1.807) is 7.11 Å². The van der Waals surface area contributed by atoms with Crippen LogP contribution in [-0.2, 0) is 49.1 Å². The van der Waals surface area contributed by atoms with Crippen molar-refractivity contribution in [1.29, 1.82) is 0 Å². The highest BCUT2D eigenvalue weighted by Gasteiger charge is 2.08. The van der Waals surface area contributed by atoms with Crippen LogP contribution in [0, 0.1) is 0 Å². The number of carbonyl (C=O) groups is 1. The standard InChI is InChI=1S/C27H40O9/c1-29-9-10-30-11-12-31-13-14-32-15-16-33-17-18-34-19-20-35-21-22-36-27(28)23-25-7-4-6-24-5-2-3-8-26(24)25/h2-8H,9-23H2,1H3. The summed E-state index contributed by atoms with van der Waals surface area (Å²) in [4.78, 5) is 12.1. The molecule has 2 aromatic rings. The topological polar surface area (TPSA) is 90.9 Å². The monoisotopic (exact) mass is 508 g/mol. The van der Waals surface area contributed by atoms with Gasteiger partial charge in [-0.3, -0.25) is 4.79 Å². The van der Waals surface area contributed by atoms with Gasteiger partial charge in [-0.05, 0) is 16.3 Å². The van der Waals surface area contributed by atoms with E-state index in [-0.39, 0.29) is 19.0 Å². The maximum absolute atomic E-state index is 12.1. The van der Waals surface area contributed by atoms with Gasteiger partial charge < -0.3 is 37.9 Å². The number of hydrogen-bond acceptors (Lipinski definition) is 9. The van der Waals surface area contributed by atoms with E-state index >= 15 is 0 Å². The zero-order valence-electron chi connectivity index (χ0n) is 21.3. The number of benzene rings is 2. The fourth-order valence-corrected chi connectivity index (χ4v) is 3.21. The second kappa shape index (κ2) is 21.0. The summed E-state index contributed by atoms with van der Waals surface area (Å²) in [6.07, 6.45) is 0.244. The minimum atomic E-state index is -0.261. The Morgan fingerprint density at radius 3 is 1.53 bits per heavy atom. The van der Waals surface area contributed by atoms with E-state index in [0.29, 0.717) is 85.9 Å². The molecule has 0 unspecified atom stereocenters. The average Bonchev–Trinajstić information content (AvgIpc) is 2.90. The van der Waals surface area contributed by atoms with E-state index in [1.165, 1.54) is 0 Å². The summed E-state index contributed by atoms with van der Waals surface area (Å²) in [6.45, 7) is 6.75. The number of methoxy groups -OCH3 is 1. The Hall–Kier alpha value is -2.11. The Morgan fingerprint density at radius 2 is 1.00 bits per heavy atom. The molecule has 9 nitrogen and oxygen atoms in total. The lowest BCUT2D eigenvalue weighted by Gasteiger charge is -2.09. The molecule has 0 radical (unpaired) electrons. The van der Waals surface area contributed by atoms with Crippen LogP contribution in [0.2, 0.25) is 0 Å². The van der Waals surface area contributed by atoms with Gasteiger partial charge in [-0.1, -0.05) is 42.5 Å². The maximum Gasteiger partial charge on any atom is 0.310 e. The summed E-state index contributed by atoms with van der Waals surface area (Å²) < 4.78 is 42.6. The van der Waals surface area contributed by atoms with E-state index in [0.717, 1.165) is 16.3 Å². The SMILES string of the molecule is COCCOCCOCCOCCOCCOCCOCCOC(=O)Cc1cccc2ccccc12. The molecule has 0 heterocycles. The zero-order valence-corrected chi connectivity index (χ0v) is 21.3. The molecule has 0 bridgehead atoms. The third kappa shape index (κ3) is 14.4. The molecule has 0 aliphatic rings. The number of ether oxygens (including phenoxy) is 8. The van der Waals surface area contributed by atoms with E-state index in [9.17, 15) is 4.79 Å². The molecule has 0 saturated carbocycles. The molecule has 0 aliphatic heterocycles. The Morgan fingerprint density at radius 1 is 0.556 bits per heavy atom. The second-order valence-electron chi connectivity index (χ2n) is 7.70. The van der Waals surface area contributed by atoms with Crippen LogP contribution in [-0.4, -0.2) is 106 Å². The van der Waals surface area contributed by atoms with Crippen LogP contribution < -0.4 is 0 Å². The first-order valence-electron chi connectivity index (χ1n) is 12.4. The third-order valence-corrected chi connectivity index (χ3v) is 5.00. The lowest BCUT2D eigenvalue weighted by Crippen LogP contribution is -2.16. The van der Waals surface area contributed by atoms with Crippen LogP contribution in [0.3, 0.4) is 0 Å². The van der Waals surface area contributed by atoms with Gasteiger partial charge in [-0.25, -0.2) is 0 Å². The van der Waals surface area contributed by atoms with Crippen molar-refractivity contribution in [3.8, 4) is 0 Å². The first-order valence-corrected chi connectivity index (χ1v) is 12.4. The minimum absolute atomic E-state index is 0.222. The van der Waals surface area contributed by atoms with Crippen LogP contribution in [0.4, 0.5) is 0 Å². The summed E-state index contributed by atoms with van der Waals surface area (Å²) in [5, 5.41) is 2.19. The van der Waals surface area contributed by atoms with Crippen molar-refractivity contribution in [1.82, 2.24) is 0 Å². The third-order valence-electron chi connectivity index (χ3n) is 5.00. The molecular weight excluding hydrogens is 468 g/mol. The van der Waals surface area contributed by atoms with Gasteiger partial charge in [0.05, 0.1) is 92.3 Å². The number of carbonyl (C=O) groups excluding carboxylic acids is 1. The predicted molar refractivity (Wildman–Crippen MR) is 135 cm³/mol. The Kier molecular flexibility index (Phi) is 17.6. The Balaban J connectivity index is 1.30. The van der Waals surface area contributed by atoms with Crippen molar-refractivity contribution in [3.05, 3.63) is 48.0 Å². The van der Waals surface area contributed by atoms with Crippen LogP contribution in [0.5, 0.6) is 0 Å². The molecule has 202 valence electrons. The van der Waals surface area contributed by atoms with Gasteiger partial charge in [-0.15, -0.1) is 0 Å². The second-order valence-corrected chi connectivity index (χ2v) is 7.70. The van der Waals surface area contributed by atoms with Crippen molar-refractivity contribution in [2.24, 2.45) is 0 Å². The van der Waals surface area contributed by atoms with Crippen molar-refractivity contribution in [3.63, 3.8) is 0 Å². The summed E-state index contributed by atoms with van der Waals surface area (Å²) in [5.41, 5.74) is 0.964. The summed E-state index contributed by atoms with van der Waals surface area (Å²) in [5.74, 6) is -0.261. The van der Waals surface area contributed by atoms with Gasteiger partial charge in [0, 0.05) is 7.11 Å². The minimum Gasteiger partial charge on any atom is -0.463 e. The molecule has 0 saturated heterocycles. The van der Waals surface area contributed by atoms with Crippen molar-refractivity contribution < 1.29 is 42.7 Å². The summed E-state index contributed by atoms with van der Waals surface area (Å²) in [7, 11) is 1.64. The van der Waals surface area contributed by atoms with Crippen LogP contribution in [0.15, 0.2) is 42.5 Å². The quantitative estimate of drug-likeness (QED) is 0.166. The Bertz CT molecular complexity index is 809. The smallest absolute Gasteiger partial charge is 0.310 e. The van der Waals surface area contributed by atoms with Crippen molar-refractivity contribution >= 4 is 16.7 Å². The van der Waals surface area contributed by atoms with Crippen LogP contribution in [0.25, 0.3) is 10.8 Å². The van der Waals surface area contributed by atoms with E-state index in [4.69, 9.17) is 37.9 Å². The van der Waals surface area contributed by atoms with Crippen molar-refractivity contribution in [2.75, 3.05) is 99.6 Å². The molecule has 36 heavy (non-hydrogen) atoms. The maximum atomic E-state index is 12.1.